The molecule has 1 aromatic carbocycles. The summed E-state index contributed by atoms with van der Waals surface area (Å²) in [5.41, 5.74) is 0.995. The minimum Gasteiger partial charge on any atom is -0.480 e. The Morgan fingerprint density at radius 3 is 2.62 bits per heavy atom. The van der Waals surface area contributed by atoms with Crippen molar-refractivity contribution in [3.8, 4) is 0 Å². The van der Waals surface area contributed by atoms with Crippen LogP contribution in [0.1, 0.15) is 22.8 Å². The maximum atomic E-state index is 12.4. The summed E-state index contributed by atoms with van der Waals surface area (Å²) in [6.07, 6.45) is 2.71. The van der Waals surface area contributed by atoms with Gasteiger partial charge in [0.25, 0.3) is 5.91 Å². The van der Waals surface area contributed by atoms with E-state index >= 15 is 0 Å². The third-order valence-electron chi connectivity index (χ3n) is 4.46. The summed E-state index contributed by atoms with van der Waals surface area (Å²) in [6, 6.07) is 8.46. The Morgan fingerprint density at radius 2 is 1.97 bits per heavy atom. The first-order valence-corrected chi connectivity index (χ1v) is 10.7. The fraction of sp³-hybridized carbons (Fsp3) is 0.211. The molecule has 0 spiro atoms. The number of fused-ring (bicyclic) bond motifs is 1. The topological polar surface area (TPSA) is 118 Å². The third-order valence-corrected chi connectivity index (χ3v) is 6.39. The Balaban J connectivity index is 1.96. The predicted molar refractivity (Wildman–Crippen MR) is 109 cm³/mol. The lowest BCUT2D eigenvalue weighted by atomic mass is 10.0. The number of rotatable bonds is 7. The van der Waals surface area contributed by atoms with Gasteiger partial charge in [-0.2, -0.15) is 0 Å². The summed E-state index contributed by atoms with van der Waals surface area (Å²) in [4.78, 5) is 28.0. The van der Waals surface area contributed by atoms with Crippen LogP contribution < -0.4 is 5.32 Å². The molecule has 2 N–H and O–H groups in total. The standard InChI is InChI=1S/C19H18ClN3O5S/c1-2-29(27,28)23-11-12(13-6-3-4-8-16(13)23)10-15(19(25)26)22-18(24)14-7-5-9-21-17(14)20/h3-9,11,15H,2,10H2,1H3,(H,22,24)(H,25,26)/t15-/m0/s1. The van der Waals surface area contributed by atoms with Crippen molar-refractivity contribution in [3.63, 3.8) is 0 Å². The molecule has 0 fully saturated rings. The van der Waals surface area contributed by atoms with Crippen molar-refractivity contribution in [2.24, 2.45) is 0 Å². The van der Waals surface area contributed by atoms with Crippen LogP contribution in [0.5, 0.6) is 0 Å². The fourth-order valence-corrected chi connectivity index (χ4v) is 4.19. The number of carboxylic acids is 1. The molecule has 0 radical (unpaired) electrons. The van der Waals surface area contributed by atoms with Crippen LogP contribution in [0, 0.1) is 0 Å². The molecule has 29 heavy (non-hydrogen) atoms. The Morgan fingerprint density at radius 1 is 1.24 bits per heavy atom. The first-order chi connectivity index (χ1) is 13.7. The summed E-state index contributed by atoms with van der Waals surface area (Å²) in [6.45, 7) is 1.53. The number of pyridine rings is 1. The Kier molecular flexibility index (Phi) is 5.90. The van der Waals surface area contributed by atoms with Crippen molar-refractivity contribution in [2.45, 2.75) is 19.4 Å². The van der Waals surface area contributed by atoms with Crippen molar-refractivity contribution in [1.29, 1.82) is 0 Å². The number of nitrogens with one attached hydrogen (secondary N) is 1. The van der Waals surface area contributed by atoms with E-state index in [1.807, 2.05) is 0 Å². The zero-order valence-corrected chi connectivity index (χ0v) is 16.9. The van der Waals surface area contributed by atoms with Crippen molar-refractivity contribution in [1.82, 2.24) is 14.3 Å². The van der Waals surface area contributed by atoms with Crippen LogP contribution in [0.4, 0.5) is 0 Å². The van der Waals surface area contributed by atoms with E-state index in [4.69, 9.17) is 11.6 Å². The SMILES string of the molecule is CCS(=O)(=O)n1cc(C[C@H](NC(=O)c2cccnc2Cl)C(=O)O)c2ccccc21. The molecule has 1 amide bonds. The highest BCUT2D eigenvalue weighted by Crippen LogP contribution is 2.24. The average Bonchev–Trinajstić information content (AvgIpc) is 3.07. The summed E-state index contributed by atoms with van der Waals surface area (Å²) in [7, 11) is -3.58. The molecule has 0 saturated heterocycles. The van der Waals surface area contributed by atoms with Crippen LogP contribution in [-0.4, -0.2) is 46.2 Å². The maximum absolute atomic E-state index is 12.4. The minimum atomic E-state index is -3.58. The monoisotopic (exact) mass is 435 g/mol. The van der Waals surface area contributed by atoms with Gasteiger partial charge in [-0.25, -0.2) is 22.2 Å². The minimum absolute atomic E-state index is 0.0419. The molecule has 1 atom stereocenters. The Labute approximate surface area is 172 Å². The molecule has 0 saturated carbocycles. The Hall–Kier alpha value is -2.91. The van der Waals surface area contributed by atoms with E-state index in [9.17, 15) is 23.1 Å². The molecule has 10 heteroatoms. The van der Waals surface area contributed by atoms with Crippen molar-refractivity contribution >= 4 is 44.4 Å². The number of para-hydroxylation sites is 1. The number of carbonyl (C=O) groups is 2. The van der Waals surface area contributed by atoms with Gasteiger partial charge < -0.3 is 10.4 Å². The highest BCUT2D eigenvalue weighted by atomic mass is 35.5. The quantitative estimate of drug-likeness (QED) is 0.550. The van der Waals surface area contributed by atoms with Crippen LogP contribution in [-0.2, 0) is 21.2 Å². The van der Waals surface area contributed by atoms with Gasteiger partial charge in [0.15, 0.2) is 0 Å². The van der Waals surface area contributed by atoms with Gasteiger partial charge in [-0.05, 0) is 30.7 Å². The van der Waals surface area contributed by atoms with Gasteiger partial charge in [0.05, 0.1) is 16.8 Å². The lowest BCUT2D eigenvalue weighted by Gasteiger charge is -2.14. The van der Waals surface area contributed by atoms with Crippen LogP contribution in [0.25, 0.3) is 10.9 Å². The number of aromatic nitrogens is 2. The van der Waals surface area contributed by atoms with Crippen LogP contribution >= 0.6 is 11.6 Å². The second-order valence-electron chi connectivity index (χ2n) is 6.28. The van der Waals surface area contributed by atoms with Crippen molar-refractivity contribution in [2.75, 3.05) is 5.75 Å². The predicted octanol–water partition coefficient (Wildman–Crippen LogP) is 2.31. The Bertz CT molecular complexity index is 1190. The van der Waals surface area contributed by atoms with Gasteiger partial charge in [0.2, 0.25) is 10.0 Å². The molecule has 0 aliphatic rings. The zero-order valence-electron chi connectivity index (χ0n) is 15.4. The molecule has 3 aromatic rings. The van der Waals surface area contributed by atoms with E-state index in [0.717, 1.165) is 3.97 Å². The molecular formula is C19H18ClN3O5S. The van der Waals surface area contributed by atoms with E-state index in [-0.39, 0.29) is 22.9 Å². The van der Waals surface area contributed by atoms with Gasteiger partial charge in [-0.15, -0.1) is 0 Å². The number of nitrogens with zero attached hydrogens (tertiary/aromatic N) is 2. The molecule has 2 aromatic heterocycles. The lowest BCUT2D eigenvalue weighted by Crippen LogP contribution is -2.42. The number of aliphatic carboxylic acids is 1. The molecule has 0 aliphatic carbocycles. The number of carboxylic acid groups (broad SMARTS) is 1. The van der Waals surface area contributed by atoms with Crippen molar-refractivity contribution < 1.29 is 23.1 Å². The van der Waals surface area contributed by atoms with Crippen molar-refractivity contribution in [3.05, 3.63) is 65.1 Å². The number of benzene rings is 1. The molecular weight excluding hydrogens is 418 g/mol. The molecule has 3 rings (SSSR count). The van der Waals surface area contributed by atoms with E-state index in [1.165, 1.54) is 31.5 Å². The largest absolute Gasteiger partial charge is 0.480 e. The van der Waals surface area contributed by atoms with Gasteiger partial charge in [0, 0.05) is 24.2 Å². The van der Waals surface area contributed by atoms with Gasteiger partial charge in [-0.1, -0.05) is 29.8 Å². The number of halogens is 1. The summed E-state index contributed by atoms with van der Waals surface area (Å²) in [5, 5.41) is 12.6. The van der Waals surface area contributed by atoms with E-state index < -0.39 is 27.9 Å². The van der Waals surface area contributed by atoms with Crippen LogP contribution in [0.3, 0.4) is 0 Å². The second kappa shape index (κ2) is 8.22. The third kappa shape index (κ3) is 4.25. The number of carbonyl (C=O) groups excluding carboxylic acids is 1. The van der Waals surface area contributed by atoms with Crippen LogP contribution in [0.15, 0.2) is 48.8 Å². The van der Waals surface area contributed by atoms with E-state index in [2.05, 4.69) is 10.3 Å². The zero-order chi connectivity index (χ0) is 21.2. The van der Waals surface area contributed by atoms with Gasteiger partial charge >= 0.3 is 5.97 Å². The van der Waals surface area contributed by atoms with E-state index in [0.29, 0.717) is 16.5 Å². The lowest BCUT2D eigenvalue weighted by molar-refractivity contribution is -0.139. The summed E-state index contributed by atoms with van der Waals surface area (Å²) < 4.78 is 26.0. The normalized spacial score (nSPS) is 12.6. The average molecular weight is 436 g/mol. The molecule has 0 aliphatic heterocycles. The van der Waals surface area contributed by atoms with E-state index in [1.54, 1.807) is 24.3 Å². The second-order valence-corrected chi connectivity index (χ2v) is 8.77. The fourth-order valence-electron chi connectivity index (χ4n) is 2.96. The number of hydrogen-bond acceptors (Lipinski definition) is 5. The molecule has 2 heterocycles. The van der Waals surface area contributed by atoms with Gasteiger partial charge in [0.1, 0.15) is 11.2 Å². The first-order valence-electron chi connectivity index (χ1n) is 8.71. The maximum Gasteiger partial charge on any atom is 0.326 e. The molecule has 152 valence electrons. The summed E-state index contributed by atoms with van der Waals surface area (Å²) in [5.74, 6) is -2.04. The van der Waals surface area contributed by atoms with Gasteiger partial charge in [-0.3, -0.25) is 4.79 Å². The number of hydrogen-bond donors (Lipinski definition) is 2. The molecule has 0 unspecified atom stereocenters. The summed E-state index contributed by atoms with van der Waals surface area (Å²) >= 11 is 5.90. The first kappa shape index (κ1) is 20.8. The highest BCUT2D eigenvalue weighted by Gasteiger charge is 2.25. The smallest absolute Gasteiger partial charge is 0.326 e. The van der Waals surface area contributed by atoms with Crippen LogP contribution in [0.2, 0.25) is 5.15 Å². The highest BCUT2D eigenvalue weighted by molar-refractivity contribution is 7.90. The molecule has 0 bridgehead atoms. The number of amides is 1. The molecule has 8 nitrogen and oxygen atoms in total.